The molecule has 1 unspecified atom stereocenters. The average molecular weight is 249 g/mol. The Balaban J connectivity index is 2.74. The summed E-state index contributed by atoms with van der Waals surface area (Å²) in [6, 6.07) is 0.0393. The Bertz CT molecular complexity index is 294. The van der Waals surface area contributed by atoms with E-state index in [1.807, 2.05) is 18.8 Å². The normalized spacial score (nSPS) is 13.5. The predicted molar refractivity (Wildman–Crippen MR) is 65.9 cm³/mol. The Hall–Kier alpha value is -0.230. The van der Waals surface area contributed by atoms with Gasteiger partial charge in [-0.3, -0.25) is 16.0 Å². The quantitative estimate of drug-likeness (QED) is 0.616. The molecule has 0 aromatic carbocycles. The number of hydrazine groups is 1. The minimum atomic E-state index is 0.0393. The molecule has 0 aliphatic heterocycles. The van der Waals surface area contributed by atoms with Gasteiger partial charge >= 0.3 is 0 Å². The van der Waals surface area contributed by atoms with Crippen molar-refractivity contribution >= 4 is 23.4 Å². The fraction of sp³-hybridized carbons (Fsp3) is 0.667. The van der Waals surface area contributed by atoms with Crippen molar-refractivity contribution in [1.29, 1.82) is 0 Å². The summed E-state index contributed by atoms with van der Waals surface area (Å²) in [6.45, 7) is 4.31. The van der Waals surface area contributed by atoms with E-state index < -0.39 is 0 Å². The summed E-state index contributed by atoms with van der Waals surface area (Å²) in [4.78, 5) is 0. The standard InChI is InChI=1S/C9H17ClN4S/c1-6(2)15-5-8(13-11)9-7(10)4-12-14(9)3/h4,6,8,13H,5,11H2,1-3H3. The van der Waals surface area contributed by atoms with Crippen molar-refractivity contribution in [3.8, 4) is 0 Å². The third kappa shape index (κ3) is 3.38. The van der Waals surface area contributed by atoms with Crippen LogP contribution in [0.5, 0.6) is 0 Å². The largest absolute Gasteiger partial charge is 0.271 e. The van der Waals surface area contributed by atoms with Crippen molar-refractivity contribution in [2.24, 2.45) is 12.9 Å². The van der Waals surface area contributed by atoms with Crippen molar-refractivity contribution in [2.45, 2.75) is 25.1 Å². The molecule has 15 heavy (non-hydrogen) atoms. The molecule has 6 heteroatoms. The molecule has 0 amide bonds. The highest BCUT2D eigenvalue weighted by Gasteiger charge is 2.18. The number of thioether (sulfide) groups is 1. The van der Waals surface area contributed by atoms with Gasteiger partial charge in [0.05, 0.1) is 23.0 Å². The summed E-state index contributed by atoms with van der Waals surface area (Å²) in [5.74, 6) is 6.41. The molecule has 0 bridgehead atoms. The van der Waals surface area contributed by atoms with Crippen molar-refractivity contribution < 1.29 is 0 Å². The van der Waals surface area contributed by atoms with Crippen molar-refractivity contribution in [1.82, 2.24) is 15.2 Å². The second-order valence-electron chi connectivity index (χ2n) is 3.60. The van der Waals surface area contributed by atoms with Crippen molar-refractivity contribution in [3.63, 3.8) is 0 Å². The van der Waals surface area contributed by atoms with Gasteiger partial charge in [0, 0.05) is 12.8 Å². The van der Waals surface area contributed by atoms with E-state index in [-0.39, 0.29) is 6.04 Å². The zero-order valence-corrected chi connectivity index (χ0v) is 10.8. The summed E-state index contributed by atoms with van der Waals surface area (Å²) < 4.78 is 1.76. The molecule has 86 valence electrons. The summed E-state index contributed by atoms with van der Waals surface area (Å²) >= 11 is 7.88. The van der Waals surface area contributed by atoms with Crippen LogP contribution in [0.2, 0.25) is 5.02 Å². The fourth-order valence-corrected chi connectivity index (χ4v) is 2.44. The Morgan fingerprint density at radius 3 is 2.73 bits per heavy atom. The minimum absolute atomic E-state index is 0.0393. The number of nitrogens with one attached hydrogen (secondary N) is 1. The van der Waals surface area contributed by atoms with Crippen molar-refractivity contribution in [3.05, 3.63) is 16.9 Å². The van der Waals surface area contributed by atoms with Crippen LogP contribution in [0.3, 0.4) is 0 Å². The van der Waals surface area contributed by atoms with E-state index in [2.05, 4.69) is 24.4 Å². The van der Waals surface area contributed by atoms with Crippen molar-refractivity contribution in [2.75, 3.05) is 5.75 Å². The molecule has 3 N–H and O–H groups in total. The van der Waals surface area contributed by atoms with Crippen LogP contribution in [-0.4, -0.2) is 20.8 Å². The number of aromatic nitrogens is 2. The van der Waals surface area contributed by atoms with E-state index in [4.69, 9.17) is 17.4 Å². The third-order valence-electron chi connectivity index (χ3n) is 2.07. The molecule has 0 aliphatic rings. The van der Waals surface area contributed by atoms with Crippen LogP contribution in [-0.2, 0) is 7.05 Å². The molecular weight excluding hydrogens is 232 g/mol. The number of rotatable bonds is 5. The zero-order chi connectivity index (χ0) is 11.4. The second kappa shape index (κ2) is 5.75. The van der Waals surface area contributed by atoms with Crippen LogP contribution in [0.4, 0.5) is 0 Å². The second-order valence-corrected chi connectivity index (χ2v) is 5.62. The molecule has 0 saturated heterocycles. The Morgan fingerprint density at radius 1 is 1.67 bits per heavy atom. The highest BCUT2D eigenvalue weighted by atomic mass is 35.5. The summed E-state index contributed by atoms with van der Waals surface area (Å²) in [5, 5.41) is 5.33. The maximum atomic E-state index is 6.05. The molecule has 0 aliphatic carbocycles. The molecule has 1 rings (SSSR count). The summed E-state index contributed by atoms with van der Waals surface area (Å²) in [6.07, 6.45) is 1.64. The smallest absolute Gasteiger partial charge is 0.0834 e. The van der Waals surface area contributed by atoms with E-state index in [1.165, 1.54) is 0 Å². The molecule has 1 heterocycles. The van der Waals surface area contributed by atoms with Gasteiger partial charge in [-0.05, 0) is 5.25 Å². The number of aryl methyl sites for hydroxylation is 1. The van der Waals surface area contributed by atoms with Gasteiger partial charge in [-0.2, -0.15) is 16.9 Å². The number of nitrogens with zero attached hydrogens (tertiary/aromatic N) is 2. The van der Waals surface area contributed by atoms with E-state index in [9.17, 15) is 0 Å². The van der Waals surface area contributed by atoms with Gasteiger partial charge in [0.1, 0.15) is 0 Å². The highest BCUT2D eigenvalue weighted by molar-refractivity contribution is 7.99. The van der Waals surface area contributed by atoms with E-state index in [0.29, 0.717) is 10.3 Å². The average Bonchev–Trinajstić information content (AvgIpc) is 2.49. The zero-order valence-electron chi connectivity index (χ0n) is 9.20. The maximum Gasteiger partial charge on any atom is 0.0834 e. The first-order chi connectivity index (χ1) is 7.06. The van der Waals surface area contributed by atoms with Crippen LogP contribution in [0, 0.1) is 0 Å². The fourth-order valence-electron chi connectivity index (χ4n) is 1.31. The van der Waals surface area contributed by atoms with Crippen LogP contribution >= 0.6 is 23.4 Å². The lowest BCUT2D eigenvalue weighted by molar-refractivity contribution is 0.554. The van der Waals surface area contributed by atoms with Gasteiger partial charge in [0.15, 0.2) is 0 Å². The van der Waals surface area contributed by atoms with Gasteiger partial charge in [-0.15, -0.1) is 0 Å². The molecule has 4 nitrogen and oxygen atoms in total. The molecular formula is C9H17ClN4S. The molecule has 1 aromatic heterocycles. The van der Waals surface area contributed by atoms with E-state index in [0.717, 1.165) is 11.4 Å². The predicted octanol–water partition coefficient (Wildman–Crippen LogP) is 1.72. The van der Waals surface area contributed by atoms with E-state index >= 15 is 0 Å². The number of halogens is 1. The Morgan fingerprint density at radius 2 is 2.33 bits per heavy atom. The maximum absolute atomic E-state index is 6.05. The monoisotopic (exact) mass is 248 g/mol. The molecule has 0 saturated carbocycles. The van der Waals surface area contributed by atoms with Gasteiger partial charge < -0.3 is 0 Å². The first-order valence-electron chi connectivity index (χ1n) is 4.81. The Kier molecular flexibility index (Phi) is 4.92. The van der Waals surface area contributed by atoms with Crippen LogP contribution in [0.25, 0.3) is 0 Å². The summed E-state index contributed by atoms with van der Waals surface area (Å²) in [7, 11) is 1.87. The minimum Gasteiger partial charge on any atom is -0.271 e. The third-order valence-corrected chi connectivity index (χ3v) is 3.55. The number of hydrogen-bond acceptors (Lipinski definition) is 4. The first kappa shape index (κ1) is 12.8. The highest BCUT2D eigenvalue weighted by Crippen LogP contribution is 2.25. The van der Waals surface area contributed by atoms with Gasteiger partial charge in [0.2, 0.25) is 0 Å². The SMILES string of the molecule is CC(C)SCC(NN)c1c(Cl)cnn1C. The summed E-state index contributed by atoms with van der Waals surface area (Å²) in [5.41, 5.74) is 3.71. The molecule has 0 spiro atoms. The van der Waals surface area contributed by atoms with Crippen LogP contribution in [0.15, 0.2) is 6.20 Å². The Labute approximate surface area is 99.5 Å². The first-order valence-corrected chi connectivity index (χ1v) is 6.24. The van der Waals surface area contributed by atoms with Crippen LogP contribution < -0.4 is 11.3 Å². The number of hydrogen-bond donors (Lipinski definition) is 2. The lowest BCUT2D eigenvalue weighted by Crippen LogP contribution is -2.31. The van der Waals surface area contributed by atoms with Gasteiger partial charge in [-0.25, -0.2) is 0 Å². The van der Waals surface area contributed by atoms with Gasteiger partial charge in [0.25, 0.3) is 0 Å². The molecule has 0 fully saturated rings. The topological polar surface area (TPSA) is 55.9 Å². The molecule has 0 radical (unpaired) electrons. The van der Waals surface area contributed by atoms with E-state index in [1.54, 1.807) is 10.9 Å². The molecule has 1 aromatic rings. The lowest BCUT2D eigenvalue weighted by Gasteiger charge is -2.17. The van der Waals surface area contributed by atoms with Gasteiger partial charge in [-0.1, -0.05) is 25.4 Å². The van der Waals surface area contributed by atoms with Crippen LogP contribution in [0.1, 0.15) is 25.6 Å². The lowest BCUT2D eigenvalue weighted by atomic mass is 10.2. The molecule has 1 atom stereocenters. The number of nitrogens with two attached hydrogens (primary N) is 1.